The third kappa shape index (κ3) is 5.68. The molecule has 0 amide bonds. The number of hydrogen-bond acceptors (Lipinski definition) is 3. The van der Waals surface area contributed by atoms with Gasteiger partial charge in [0.05, 0.1) is 7.11 Å². The molecule has 0 saturated carbocycles. The molecule has 1 aliphatic rings. The predicted molar refractivity (Wildman–Crippen MR) is 128 cm³/mol. The topological polar surface area (TPSA) is 21.7 Å². The fourth-order valence-electron chi connectivity index (χ4n) is 4.20. The average Bonchev–Trinajstić information content (AvgIpc) is 2.83. The van der Waals surface area contributed by atoms with Gasteiger partial charge in [0, 0.05) is 1.37 Å². The first kappa shape index (κ1) is 20.1. The molecule has 0 bridgehead atoms. The summed E-state index contributed by atoms with van der Waals surface area (Å²) in [4.78, 5) is 2.00. The zero-order valence-electron chi connectivity index (χ0n) is 19.8. The summed E-state index contributed by atoms with van der Waals surface area (Å²) in [5.41, 5.74) is 6.34. The molecule has 0 fully saturated rings. The fraction of sp³-hybridized carbons (Fsp3) is 0.357. The number of methoxy groups -OCH3 is 1. The maximum atomic E-state index is 8.20. The van der Waals surface area contributed by atoms with Gasteiger partial charge in [-0.1, -0.05) is 42.5 Å². The van der Waals surface area contributed by atoms with Gasteiger partial charge < -0.3 is 14.4 Å². The van der Waals surface area contributed by atoms with Gasteiger partial charge in [0.2, 0.25) is 0 Å². The van der Waals surface area contributed by atoms with E-state index >= 15 is 0 Å². The van der Waals surface area contributed by atoms with Crippen LogP contribution in [0.15, 0.2) is 66.7 Å². The zero-order chi connectivity index (χ0) is 22.5. The molecule has 0 saturated heterocycles. The van der Waals surface area contributed by atoms with Crippen LogP contribution in [0.2, 0.25) is 0 Å². The number of aryl methyl sites for hydroxylation is 1. The van der Waals surface area contributed by atoms with Crippen molar-refractivity contribution in [1.29, 1.82) is 0 Å². The van der Waals surface area contributed by atoms with Crippen molar-refractivity contribution in [1.82, 2.24) is 4.90 Å². The Labute approximate surface area is 188 Å². The normalized spacial score (nSPS) is 17.0. The highest BCUT2D eigenvalue weighted by atomic mass is 16.5. The summed E-state index contributed by atoms with van der Waals surface area (Å²) < 4.78 is 19.5. The van der Waals surface area contributed by atoms with Crippen LogP contribution in [-0.2, 0) is 19.4 Å². The summed E-state index contributed by atoms with van der Waals surface area (Å²) in [6, 6.07) is 23.2. The van der Waals surface area contributed by atoms with Gasteiger partial charge in [-0.2, -0.15) is 0 Å². The first-order valence-electron chi connectivity index (χ1n) is 11.7. The number of benzene rings is 3. The maximum absolute atomic E-state index is 8.20. The molecule has 3 nitrogen and oxygen atoms in total. The van der Waals surface area contributed by atoms with Crippen molar-refractivity contribution in [3.63, 3.8) is 0 Å². The number of fused-ring (bicyclic) bond motifs is 1. The second kappa shape index (κ2) is 10.0. The molecule has 4 rings (SSSR count). The van der Waals surface area contributed by atoms with Crippen LogP contribution >= 0.6 is 0 Å². The van der Waals surface area contributed by atoms with Crippen molar-refractivity contribution < 1.29 is 10.8 Å². The molecule has 1 aliphatic carbocycles. The third-order valence-corrected chi connectivity index (χ3v) is 6.09. The molecule has 2 atom stereocenters. The molecule has 31 heavy (non-hydrogen) atoms. The van der Waals surface area contributed by atoms with E-state index in [1.165, 1.54) is 22.3 Å². The Morgan fingerprint density at radius 2 is 1.58 bits per heavy atom. The lowest BCUT2D eigenvalue weighted by molar-refractivity contribution is 0.304. The summed E-state index contributed by atoms with van der Waals surface area (Å²) in [7, 11) is 5.67. The Kier molecular flexibility index (Phi) is 6.51. The summed E-state index contributed by atoms with van der Waals surface area (Å²) in [6.07, 6.45) is 4.25. The number of rotatable bonds is 8. The second-order valence-electron chi connectivity index (χ2n) is 8.64. The lowest BCUT2D eigenvalue weighted by Gasteiger charge is -2.26. The van der Waals surface area contributed by atoms with Crippen LogP contribution in [-0.4, -0.2) is 32.6 Å². The van der Waals surface area contributed by atoms with Crippen molar-refractivity contribution in [3.8, 4) is 22.6 Å². The first-order chi connectivity index (χ1) is 15.5. The van der Waals surface area contributed by atoms with Crippen LogP contribution in [0.4, 0.5) is 0 Å². The molecule has 162 valence electrons. The number of ether oxygens (including phenoxy) is 2. The monoisotopic (exact) mass is 416 g/mol. The van der Waals surface area contributed by atoms with Crippen molar-refractivity contribution in [2.24, 2.45) is 5.92 Å². The number of hydrogen-bond donors (Lipinski definition) is 0. The Hall–Kier alpha value is -2.78. The van der Waals surface area contributed by atoms with Crippen molar-refractivity contribution in [2.45, 2.75) is 32.3 Å². The molecule has 0 heterocycles. The minimum atomic E-state index is -0.111. The van der Waals surface area contributed by atoms with Crippen LogP contribution in [0.25, 0.3) is 11.1 Å². The van der Waals surface area contributed by atoms with Crippen LogP contribution in [0.3, 0.4) is 0 Å². The van der Waals surface area contributed by atoms with Gasteiger partial charge in [0.1, 0.15) is 18.1 Å². The number of nitrogens with zero attached hydrogens (tertiary/aromatic N) is 1. The van der Waals surface area contributed by atoms with E-state index in [-0.39, 0.29) is 6.52 Å². The van der Waals surface area contributed by atoms with E-state index in [1.54, 1.807) is 7.11 Å². The summed E-state index contributed by atoms with van der Waals surface area (Å²) in [6.45, 7) is 0.452. The van der Waals surface area contributed by atoms with Crippen LogP contribution in [0, 0.1) is 5.92 Å². The van der Waals surface area contributed by atoms with Crippen LogP contribution in [0.1, 0.15) is 30.9 Å². The van der Waals surface area contributed by atoms with E-state index in [4.69, 9.17) is 10.8 Å². The highest BCUT2D eigenvalue weighted by Gasteiger charge is 2.19. The smallest absolute Gasteiger partial charge is 0.120 e. The molecule has 0 aromatic heterocycles. The van der Waals surface area contributed by atoms with Gasteiger partial charge >= 0.3 is 0 Å². The van der Waals surface area contributed by atoms with E-state index in [9.17, 15) is 0 Å². The van der Waals surface area contributed by atoms with E-state index in [0.29, 0.717) is 12.5 Å². The third-order valence-electron chi connectivity index (χ3n) is 6.09. The minimum Gasteiger partial charge on any atom is -0.497 e. The molecule has 2 unspecified atom stereocenters. The first-order valence-corrected chi connectivity index (χ1v) is 11.1. The second-order valence-corrected chi connectivity index (χ2v) is 8.64. The highest BCUT2D eigenvalue weighted by molar-refractivity contribution is 5.64. The fourth-order valence-corrected chi connectivity index (χ4v) is 4.20. The Morgan fingerprint density at radius 3 is 2.26 bits per heavy atom. The summed E-state index contributed by atoms with van der Waals surface area (Å²) >= 11 is 0. The van der Waals surface area contributed by atoms with Crippen LogP contribution in [0.5, 0.6) is 11.5 Å². The standard InChI is InChI=1S/C28H33NO2/c1-29(2)17-16-21-4-9-26-19-28(15-12-25(26)18-21)31-20-22-5-7-23(8-6-22)24-10-13-27(30-3)14-11-24/h5-8,10-15,19,21H,4,9,16-18,20H2,1-3H3/i17D. The van der Waals surface area contributed by atoms with Gasteiger partial charge in [0.15, 0.2) is 0 Å². The van der Waals surface area contributed by atoms with Gasteiger partial charge in [-0.15, -0.1) is 0 Å². The van der Waals surface area contributed by atoms with Gasteiger partial charge in [-0.3, -0.25) is 0 Å². The maximum Gasteiger partial charge on any atom is 0.120 e. The van der Waals surface area contributed by atoms with Crippen LogP contribution < -0.4 is 9.47 Å². The molecule has 3 heteroatoms. The Morgan fingerprint density at radius 1 is 0.903 bits per heavy atom. The molecule has 0 radical (unpaired) electrons. The van der Waals surface area contributed by atoms with Crippen molar-refractivity contribution in [3.05, 3.63) is 83.4 Å². The Balaban J connectivity index is 1.33. The molecular formula is C28H33NO2. The lowest BCUT2D eigenvalue weighted by Crippen LogP contribution is -2.21. The molecule has 3 aromatic carbocycles. The van der Waals surface area contributed by atoms with E-state index in [2.05, 4.69) is 54.6 Å². The van der Waals surface area contributed by atoms with Gasteiger partial charge in [-0.25, -0.2) is 0 Å². The van der Waals surface area contributed by atoms with E-state index < -0.39 is 0 Å². The lowest BCUT2D eigenvalue weighted by atomic mass is 9.82. The van der Waals surface area contributed by atoms with E-state index in [1.807, 2.05) is 31.1 Å². The molecule has 3 aromatic rings. The SMILES string of the molecule is [2H]C(CC1CCc2cc(OCc3ccc(-c4ccc(OC)cc4)cc3)ccc2C1)N(C)C. The van der Waals surface area contributed by atoms with Crippen molar-refractivity contribution >= 4 is 0 Å². The Bertz CT molecular complexity index is 1010. The highest BCUT2D eigenvalue weighted by Crippen LogP contribution is 2.30. The van der Waals surface area contributed by atoms with Gasteiger partial charge in [0.25, 0.3) is 0 Å². The summed E-state index contributed by atoms with van der Waals surface area (Å²) in [5.74, 6) is 2.41. The summed E-state index contributed by atoms with van der Waals surface area (Å²) in [5, 5.41) is 0. The zero-order valence-corrected chi connectivity index (χ0v) is 18.8. The molecule has 0 aliphatic heterocycles. The minimum absolute atomic E-state index is 0.111. The molecular weight excluding hydrogens is 382 g/mol. The molecule has 0 N–H and O–H groups in total. The average molecular weight is 417 g/mol. The molecule has 0 spiro atoms. The van der Waals surface area contributed by atoms with Crippen molar-refractivity contribution in [2.75, 3.05) is 27.7 Å². The quantitative estimate of drug-likeness (QED) is 0.450. The van der Waals surface area contributed by atoms with Gasteiger partial charge in [-0.05, 0) is 104 Å². The largest absolute Gasteiger partial charge is 0.497 e. The predicted octanol–water partition coefficient (Wildman–Crippen LogP) is 6.00. The van der Waals surface area contributed by atoms with E-state index in [0.717, 1.165) is 42.7 Å².